The number of allylic oxidation sites excluding steroid dienone is 1. The quantitative estimate of drug-likeness (QED) is 0.573. The number of rotatable bonds is 4. The summed E-state index contributed by atoms with van der Waals surface area (Å²) >= 11 is 0. The number of ether oxygens (including phenoxy) is 1. The molecule has 5 heteroatoms. The fourth-order valence-electron chi connectivity index (χ4n) is 2.59. The van der Waals surface area contributed by atoms with Gasteiger partial charge in [-0.1, -0.05) is 5.57 Å². The highest BCUT2D eigenvalue weighted by molar-refractivity contribution is 7.91. The molecule has 1 heterocycles. The molecule has 1 saturated heterocycles. The molecule has 3 aliphatic rings. The van der Waals surface area contributed by atoms with E-state index in [1.54, 1.807) is 6.08 Å². The Morgan fingerprint density at radius 3 is 2.11 bits per heavy atom. The molecule has 3 fully saturated rings. The van der Waals surface area contributed by atoms with E-state index in [0.29, 0.717) is 18.3 Å². The summed E-state index contributed by atoms with van der Waals surface area (Å²) in [7, 11) is -2.98. The zero-order chi connectivity index (χ0) is 12.8. The fourth-order valence-corrected chi connectivity index (χ4v) is 4.18. The predicted octanol–water partition coefficient (Wildman–Crippen LogP) is 1.46. The lowest BCUT2D eigenvalue weighted by molar-refractivity contribution is -0.141. The molecule has 0 radical (unpaired) electrons. The molecule has 0 aromatic rings. The van der Waals surface area contributed by atoms with E-state index in [2.05, 4.69) is 0 Å². The van der Waals surface area contributed by atoms with Gasteiger partial charge in [-0.05, 0) is 43.9 Å². The van der Waals surface area contributed by atoms with Crippen LogP contribution in [0.3, 0.4) is 0 Å². The highest BCUT2D eigenvalue weighted by Crippen LogP contribution is 2.48. The molecule has 4 nitrogen and oxygen atoms in total. The first-order valence-corrected chi connectivity index (χ1v) is 8.48. The maximum absolute atomic E-state index is 11.8. The van der Waals surface area contributed by atoms with Crippen molar-refractivity contribution in [3.8, 4) is 0 Å². The van der Waals surface area contributed by atoms with E-state index in [1.807, 2.05) is 0 Å². The number of sulfone groups is 1. The van der Waals surface area contributed by atoms with Crippen LogP contribution in [0.2, 0.25) is 0 Å². The minimum absolute atomic E-state index is 0.00519. The van der Waals surface area contributed by atoms with Gasteiger partial charge in [0, 0.05) is 6.08 Å². The first-order valence-electron chi connectivity index (χ1n) is 6.66. The van der Waals surface area contributed by atoms with Crippen LogP contribution in [0.4, 0.5) is 0 Å². The predicted molar refractivity (Wildman–Crippen MR) is 66.7 cm³/mol. The molecule has 18 heavy (non-hydrogen) atoms. The summed E-state index contributed by atoms with van der Waals surface area (Å²) in [6.07, 6.45) is 6.41. The van der Waals surface area contributed by atoms with E-state index in [9.17, 15) is 13.2 Å². The van der Waals surface area contributed by atoms with Gasteiger partial charge in [0.2, 0.25) is 0 Å². The minimum Gasteiger partial charge on any atom is -0.458 e. The molecule has 1 aliphatic heterocycles. The molecule has 0 bridgehead atoms. The van der Waals surface area contributed by atoms with Gasteiger partial charge >= 0.3 is 5.97 Å². The molecular formula is C13H18O4S. The zero-order valence-corrected chi connectivity index (χ0v) is 11.1. The maximum atomic E-state index is 11.8. The fraction of sp³-hybridized carbons (Fsp3) is 0.769. The summed E-state index contributed by atoms with van der Waals surface area (Å²) < 4.78 is 27.8. The van der Waals surface area contributed by atoms with Crippen molar-refractivity contribution in [3.63, 3.8) is 0 Å². The van der Waals surface area contributed by atoms with E-state index in [1.165, 1.54) is 31.3 Å². The molecule has 0 unspecified atom stereocenters. The summed E-state index contributed by atoms with van der Waals surface area (Å²) in [6.45, 7) is 0. The first-order chi connectivity index (χ1) is 8.53. The summed E-state index contributed by atoms with van der Waals surface area (Å²) in [5.41, 5.74) is 1.25. The summed E-state index contributed by atoms with van der Waals surface area (Å²) in [5, 5.41) is 0. The molecule has 0 amide bonds. The average Bonchev–Trinajstić information content (AvgIpc) is 3.15. The SMILES string of the molecule is O=C(C=C(C1CC1)C1CC1)O[C@@H]1CCS(=O)(=O)C1. The van der Waals surface area contributed by atoms with Crippen LogP contribution >= 0.6 is 0 Å². The molecule has 1 atom stereocenters. The average molecular weight is 270 g/mol. The summed E-state index contributed by atoms with van der Waals surface area (Å²) in [4.78, 5) is 11.8. The third kappa shape index (κ3) is 2.94. The van der Waals surface area contributed by atoms with E-state index >= 15 is 0 Å². The smallest absolute Gasteiger partial charge is 0.331 e. The van der Waals surface area contributed by atoms with Crippen LogP contribution < -0.4 is 0 Å². The second kappa shape index (κ2) is 4.37. The van der Waals surface area contributed by atoms with Gasteiger partial charge in [-0.25, -0.2) is 13.2 Å². The van der Waals surface area contributed by atoms with Crippen molar-refractivity contribution in [1.29, 1.82) is 0 Å². The number of carbonyl (C=O) groups excluding carboxylic acids is 1. The third-order valence-electron chi connectivity index (χ3n) is 3.86. The molecule has 2 saturated carbocycles. The highest BCUT2D eigenvalue weighted by atomic mass is 32.2. The Hall–Kier alpha value is -0.840. The van der Waals surface area contributed by atoms with Crippen LogP contribution in [0.25, 0.3) is 0 Å². The first kappa shape index (κ1) is 12.2. The molecule has 0 N–H and O–H groups in total. The van der Waals surface area contributed by atoms with Crippen molar-refractivity contribution in [2.75, 3.05) is 11.5 Å². The van der Waals surface area contributed by atoms with E-state index < -0.39 is 15.9 Å². The van der Waals surface area contributed by atoms with Gasteiger partial charge in [-0.15, -0.1) is 0 Å². The van der Waals surface area contributed by atoms with Gasteiger partial charge in [0.25, 0.3) is 0 Å². The molecule has 2 aliphatic carbocycles. The van der Waals surface area contributed by atoms with Gasteiger partial charge in [-0.2, -0.15) is 0 Å². The lowest BCUT2D eigenvalue weighted by atomic mass is 10.1. The minimum atomic E-state index is -2.98. The Bertz CT molecular complexity index is 469. The molecule has 3 rings (SSSR count). The van der Waals surface area contributed by atoms with Crippen LogP contribution in [0.5, 0.6) is 0 Å². The second-order valence-corrected chi connectivity index (χ2v) is 7.88. The van der Waals surface area contributed by atoms with Crippen molar-refractivity contribution in [1.82, 2.24) is 0 Å². The molecule has 0 aromatic carbocycles. The van der Waals surface area contributed by atoms with Crippen LogP contribution in [0.1, 0.15) is 32.1 Å². The monoisotopic (exact) mass is 270 g/mol. The van der Waals surface area contributed by atoms with E-state index in [-0.39, 0.29) is 17.5 Å². The van der Waals surface area contributed by atoms with Gasteiger partial charge in [0.15, 0.2) is 9.84 Å². The van der Waals surface area contributed by atoms with Gasteiger partial charge in [0.1, 0.15) is 6.10 Å². The van der Waals surface area contributed by atoms with Crippen molar-refractivity contribution < 1.29 is 17.9 Å². The number of carbonyl (C=O) groups is 1. The zero-order valence-electron chi connectivity index (χ0n) is 10.3. The van der Waals surface area contributed by atoms with Gasteiger partial charge < -0.3 is 4.74 Å². The summed E-state index contributed by atoms with van der Waals surface area (Å²) in [5.74, 6) is 0.988. The Kier molecular flexibility index (Phi) is 2.96. The molecule has 0 spiro atoms. The Balaban J connectivity index is 1.59. The van der Waals surface area contributed by atoms with Crippen molar-refractivity contribution in [3.05, 3.63) is 11.6 Å². The number of hydrogen-bond acceptors (Lipinski definition) is 4. The van der Waals surface area contributed by atoms with Gasteiger partial charge in [-0.3, -0.25) is 0 Å². The van der Waals surface area contributed by atoms with E-state index in [0.717, 1.165) is 0 Å². The Morgan fingerprint density at radius 2 is 1.67 bits per heavy atom. The topological polar surface area (TPSA) is 60.4 Å². The largest absolute Gasteiger partial charge is 0.458 e. The molecule has 100 valence electrons. The van der Waals surface area contributed by atoms with Crippen LogP contribution in [-0.4, -0.2) is 32.0 Å². The van der Waals surface area contributed by atoms with Gasteiger partial charge in [0.05, 0.1) is 11.5 Å². The Morgan fingerprint density at radius 1 is 1.06 bits per heavy atom. The lowest BCUT2D eigenvalue weighted by Gasteiger charge is -2.09. The van der Waals surface area contributed by atoms with Crippen LogP contribution in [0, 0.1) is 11.8 Å². The van der Waals surface area contributed by atoms with Crippen molar-refractivity contribution in [2.45, 2.75) is 38.2 Å². The lowest BCUT2D eigenvalue weighted by Crippen LogP contribution is -2.18. The van der Waals surface area contributed by atoms with Crippen molar-refractivity contribution in [2.24, 2.45) is 11.8 Å². The number of esters is 1. The standard InChI is InChI=1S/C13H18O4S/c14-13(17-11-5-6-18(15,16)8-11)7-12(9-1-2-9)10-3-4-10/h7,9-11H,1-6,8H2/t11-/m1/s1. The third-order valence-corrected chi connectivity index (χ3v) is 5.59. The van der Waals surface area contributed by atoms with Crippen molar-refractivity contribution >= 4 is 15.8 Å². The maximum Gasteiger partial charge on any atom is 0.331 e. The van der Waals surface area contributed by atoms with Crippen LogP contribution in [-0.2, 0) is 19.4 Å². The molecular weight excluding hydrogens is 252 g/mol. The molecule has 0 aromatic heterocycles. The normalized spacial score (nSPS) is 29.9. The Labute approximate surface area is 107 Å². The number of hydrogen-bond donors (Lipinski definition) is 0. The second-order valence-electron chi connectivity index (χ2n) is 5.65. The van der Waals surface area contributed by atoms with Crippen LogP contribution in [0.15, 0.2) is 11.6 Å². The summed E-state index contributed by atoms with van der Waals surface area (Å²) in [6, 6.07) is 0. The van der Waals surface area contributed by atoms with E-state index in [4.69, 9.17) is 4.74 Å². The highest BCUT2D eigenvalue weighted by Gasteiger charge is 2.37.